The van der Waals surface area contributed by atoms with E-state index in [2.05, 4.69) is 0 Å². The Morgan fingerprint density at radius 1 is 0.419 bits per heavy atom. The van der Waals surface area contributed by atoms with Gasteiger partial charge in [0, 0.05) is 16.3 Å². The highest BCUT2D eigenvalue weighted by Gasteiger charge is 2.22. The molecular weight excluding hydrogens is 520 g/mol. The van der Waals surface area contributed by atoms with Crippen LogP contribution in [0.5, 0.6) is 0 Å². The summed E-state index contributed by atoms with van der Waals surface area (Å²) >= 11 is 0. The molecule has 0 aliphatic carbocycles. The Hall–Kier alpha value is -5.66. The van der Waals surface area contributed by atoms with E-state index in [-0.39, 0.29) is 60.5 Å². The molecule has 0 aliphatic rings. The van der Waals surface area contributed by atoms with Crippen LogP contribution in [0.4, 0.5) is 0 Å². The normalized spacial score (nSPS) is 17.6. The SMILES string of the molecule is [2H]c1c([2H])c([2H])c(-c2c(-c3c4ccccc4c(-c4c([2H])c([2H])c5c([2H])c([2H])c([2H])c([2H])c5c4[2H])c4ccccc34)c([2H])c([2H])c3oc4c([2H])c([2H])c([2H])c([2H])c4c23)c([2H])c1[2H]. The number of hydrogen-bond donors (Lipinski definition) is 0. The molecular formula is C42H26O. The van der Waals surface area contributed by atoms with Gasteiger partial charge in [0.2, 0.25) is 0 Å². The lowest BCUT2D eigenvalue weighted by Gasteiger charge is -2.20. The van der Waals surface area contributed by atoms with E-state index in [1.807, 2.05) is 0 Å². The Labute approximate surface area is 274 Å². The van der Waals surface area contributed by atoms with Crippen LogP contribution in [0.25, 0.3) is 87.6 Å². The van der Waals surface area contributed by atoms with Gasteiger partial charge in [0.15, 0.2) is 0 Å². The number of benzene rings is 8. The molecule has 0 spiro atoms. The van der Waals surface area contributed by atoms with Gasteiger partial charge in [-0.15, -0.1) is 0 Å². The van der Waals surface area contributed by atoms with Crippen molar-refractivity contribution in [3.05, 3.63) is 157 Å². The predicted octanol–water partition coefficient (Wildman–Crippen LogP) is 12.0. The zero-order chi connectivity index (χ0) is 44.0. The van der Waals surface area contributed by atoms with Crippen LogP contribution in [-0.2, 0) is 0 Å². The van der Waals surface area contributed by atoms with Crippen LogP contribution < -0.4 is 0 Å². The molecule has 0 saturated carbocycles. The van der Waals surface area contributed by atoms with Crippen LogP contribution in [0.2, 0.25) is 0 Å². The minimum absolute atomic E-state index is 0.133. The highest BCUT2D eigenvalue weighted by atomic mass is 16.3. The van der Waals surface area contributed by atoms with Gasteiger partial charge in [0.05, 0.1) is 24.7 Å². The quantitative estimate of drug-likeness (QED) is 0.195. The zero-order valence-corrected chi connectivity index (χ0v) is 22.0. The maximum atomic E-state index is 9.67. The molecule has 8 aromatic carbocycles. The second-order valence-corrected chi connectivity index (χ2v) is 9.85. The Morgan fingerprint density at radius 3 is 1.79 bits per heavy atom. The average Bonchev–Trinajstić information content (AvgIpc) is 3.66. The second-order valence-electron chi connectivity index (χ2n) is 9.85. The third-order valence-corrected chi connectivity index (χ3v) is 7.57. The molecule has 0 atom stereocenters. The van der Waals surface area contributed by atoms with E-state index in [0.29, 0.717) is 21.5 Å². The first-order chi connectivity index (χ1) is 28.8. The molecule has 1 heteroatoms. The first kappa shape index (κ1) is 12.3. The zero-order valence-electron chi connectivity index (χ0n) is 40.0. The first-order valence-corrected chi connectivity index (χ1v) is 13.3. The summed E-state index contributed by atoms with van der Waals surface area (Å²) in [4.78, 5) is 0. The summed E-state index contributed by atoms with van der Waals surface area (Å²) < 4.78 is 165. The van der Waals surface area contributed by atoms with E-state index in [9.17, 15) is 5.48 Å². The summed E-state index contributed by atoms with van der Waals surface area (Å²) in [5.74, 6) is 0. The molecule has 1 aromatic heterocycles. The van der Waals surface area contributed by atoms with E-state index in [0.717, 1.165) is 0 Å². The summed E-state index contributed by atoms with van der Waals surface area (Å²) in [7, 11) is 0. The molecule has 0 radical (unpaired) electrons. The van der Waals surface area contributed by atoms with E-state index >= 15 is 0 Å². The molecule has 0 saturated heterocycles. The first-order valence-electron chi connectivity index (χ1n) is 22.3. The van der Waals surface area contributed by atoms with Crippen LogP contribution in [-0.4, -0.2) is 0 Å². The van der Waals surface area contributed by atoms with Crippen LogP contribution in [0, 0.1) is 0 Å². The standard InChI is InChI=1S/C42H26O/c1-2-13-28(14-3-1)40-36(24-25-38-42(40)35-20-10-11-21-37(35)43-38)41-33-18-8-6-16-31(33)39(32-17-7-9-19-34(32)41)30-23-22-27-12-4-5-15-29(27)26-30/h1-26H/i1D,2D,3D,4D,5D,10D,11D,12D,13D,14D,15D,20D,21D,22D,23D,24D,25D,26D. The fourth-order valence-electron chi connectivity index (χ4n) is 5.84. The summed E-state index contributed by atoms with van der Waals surface area (Å²) in [6, 6.07) is 2.11. The van der Waals surface area contributed by atoms with Gasteiger partial charge in [-0.3, -0.25) is 0 Å². The van der Waals surface area contributed by atoms with Crippen molar-refractivity contribution in [1.29, 1.82) is 0 Å². The number of fused-ring (bicyclic) bond motifs is 6. The van der Waals surface area contributed by atoms with Crippen molar-refractivity contribution in [3.63, 3.8) is 0 Å². The number of furan rings is 1. The lowest BCUT2D eigenvalue weighted by Crippen LogP contribution is -1.93. The lowest BCUT2D eigenvalue weighted by molar-refractivity contribution is 0.669. The van der Waals surface area contributed by atoms with Crippen molar-refractivity contribution in [3.8, 4) is 33.4 Å². The van der Waals surface area contributed by atoms with Crippen LogP contribution in [0.15, 0.2) is 162 Å². The fourth-order valence-corrected chi connectivity index (χ4v) is 5.84. The maximum absolute atomic E-state index is 9.67. The lowest BCUT2D eigenvalue weighted by atomic mass is 9.82. The summed E-state index contributed by atoms with van der Waals surface area (Å²) in [5, 5.41) is 0.224. The van der Waals surface area contributed by atoms with E-state index in [1.54, 1.807) is 48.5 Å². The van der Waals surface area contributed by atoms with Gasteiger partial charge in [-0.1, -0.05) is 133 Å². The highest BCUT2D eigenvalue weighted by molar-refractivity contribution is 6.25. The number of rotatable bonds is 3. The minimum Gasteiger partial charge on any atom is -0.456 e. The van der Waals surface area contributed by atoms with Crippen molar-refractivity contribution in [1.82, 2.24) is 0 Å². The fraction of sp³-hybridized carbons (Fsp3) is 0. The molecule has 9 aromatic rings. The van der Waals surface area contributed by atoms with Crippen molar-refractivity contribution in [2.75, 3.05) is 0 Å². The molecule has 200 valence electrons. The average molecular weight is 565 g/mol. The number of para-hydroxylation sites is 1. The van der Waals surface area contributed by atoms with Gasteiger partial charge in [-0.2, -0.15) is 0 Å². The van der Waals surface area contributed by atoms with Crippen molar-refractivity contribution in [2.45, 2.75) is 0 Å². The Kier molecular flexibility index (Phi) is 2.70. The van der Waals surface area contributed by atoms with Crippen LogP contribution in [0.1, 0.15) is 24.7 Å². The van der Waals surface area contributed by atoms with E-state index < -0.39 is 114 Å². The van der Waals surface area contributed by atoms with E-state index in [1.165, 1.54) is 0 Å². The maximum Gasteiger partial charge on any atom is 0.136 e. The number of hydrogen-bond acceptors (Lipinski definition) is 1. The van der Waals surface area contributed by atoms with Crippen molar-refractivity contribution in [2.24, 2.45) is 0 Å². The molecule has 0 bridgehead atoms. The van der Waals surface area contributed by atoms with Crippen LogP contribution >= 0.6 is 0 Å². The second kappa shape index (κ2) is 9.44. The third-order valence-electron chi connectivity index (χ3n) is 7.57. The summed E-state index contributed by atoms with van der Waals surface area (Å²) in [6.45, 7) is 0. The van der Waals surface area contributed by atoms with Crippen molar-refractivity contribution >= 4 is 54.3 Å². The summed E-state index contributed by atoms with van der Waals surface area (Å²) in [6.07, 6.45) is 0. The van der Waals surface area contributed by atoms with Gasteiger partial charge in [0.1, 0.15) is 11.2 Å². The predicted molar refractivity (Wildman–Crippen MR) is 183 cm³/mol. The van der Waals surface area contributed by atoms with Gasteiger partial charge in [-0.25, -0.2) is 0 Å². The van der Waals surface area contributed by atoms with Crippen LogP contribution in [0.3, 0.4) is 0 Å². The minimum atomic E-state index is -0.734. The van der Waals surface area contributed by atoms with E-state index in [4.69, 9.17) is 23.6 Å². The Balaban J connectivity index is 1.57. The van der Waals surface area contributed by atoms with Gasteiger partial charge in [0.25, 0.3) is 0 Å². The third kappa shape index (κ3) is 3.65. The van der Waals surface area contributed by atoms with Crippen molar-refractivity contribution < 1.29 is 29.1 Å². The largest absolute Gasteiger partial charge is 0.456 e. The smallest absolute Gasteiger partial charge is 0.136 e. The molecule has 0 unspecified atom stereocenters. The molecule has 43 heavy (non-hydrogen) atoms. The Morgan fingerprint density at radius 2 is 1.05 bits per heavy atom. The molecule has 9 rings (SSSR count). The molecule has 0 amide bonds. The molecule has 0 fully saturated rings. The molecule has 0 N–H and O–H groups in total. The Bertz CT molecular complexity index is 3430. The molecule has 1 heterocycles. The highest BCUT2D eigenvalue weighted by Crippen LogP contribution is 2.49. The topological polar surface area (TPSA) is 13.1 Å². The summed E-state index contributed by atoms with van der Waals surface area (Å²) in [5.41, 5.74) is -1.32. The monoisotopic (exact) mass is 564 g/mol. The van der Waals surface area contributed by atoms with Gasteiger partial charge in [-0.05, 0) is 84.3 Å². The van der Waals surface area contributed by atoms with Gasteiger partial charge < -0.3 is 4.42 Å². The molecule has 1 nitrogen and oxygen atoms in total. The molecule has 0 aliphatic heterocycles. The van der Waals surface area contributed by atoms with Gasteiger partial charge >= 0.3 is 0 Å².